The molecule has 0 unspecified atom stereocenters. The highest BCUT2D eigenvalue weighted by molar-refractivity contribution is 8.00. The van der Waals surface area contributed by atoms with Gasteiger partial charge in [-0.2, -0.15) is 0 Å². The molecule has 1 heterocycles. The lowest BCUT2D eigenvalue weighted by molar-refractivity contribution is -0.113. The Bertz CT molecular complexity index is 761. The number of pyridine rings is 1. The maximum absolute atomic E-state index is 11.9. The number of ether oxygens (including phenoxy) is 1. The molecule has 2 N–H and O–H groups in total. The largest absolute Gasteiger partial charge is 0.478 e. The number of thioether (sulfide) groups is 1. The first-order valence-corrected chi connectivity index (χ1v) is 7.79. The van der Waals surface area contributed by atoms with Crippen molar-refractivity contribution in [1.82, 2.24) is 4.98 Å². The zero-order valence-corrected chi connectivity index (χ0v) is 13.5. The number of carbonyl (C=O) groups is 3. The fraction of sp³-hybridized carbons (Fsp3) is 0.125. The van der Waals surface area contributed by atoms with Crippen LogP contribution < -0.4 is 5.32 Å². The third kappa shape index (κ3) is 4.56. The van der Waals surface area contributed by atoms with Gasteiger partial charge in [0.1, 0.15) is 5.03 Å². The van der Waals surface area contributed by atoms with Crippen LogP contribution in [0.15, 0.2) is 47.6 Å². The molecule has 0 aliphatic carbocycles. The highest BCUT2D eigenvalue weighted by Crippen LogP contribution is 2.20. The summed E-state index contributed by atoms with van der Waals surface area (Å²) in [5.41, 5.74) is 0.954. The number of carbonyl (C=O) groups excluding carboxylic acids is 2. The molecule has 0 radical (unpaired) electrons. The highest BCUT2D eigenvalue weighted by atomic mass is 32.2. The lowest BCUT2D eigenvalue weighted by atomic mass is 10.2. The third-order valence-corrected chi connectivity index (χ3v) is 3.94. The van der Waals surface area contributed by atoms with Crippen LogP contribution in [0.2, 0.25) is 0 Å². The van der Waals surface area contributed by atoms with E-state index in [1.165, 1.54) is 37.6 Å². The molecule has 0 fully saturated rings. The minimum atomic E-state index is -1.09. The van der Waals surface area contributed by atoms with Crippen molar-refractivity contribution in [3.63, 3.8) is 0 Å². The number of aromatic nitrogens is 1. The van der Waals surface area contributed by atoms with Crippen molar-refractivity contribution in [1.29, 1.82) is 0 Å². The van der Waals surface area contributed by atoms with Gasteiger partial charge in [-0.05, 0) is 36.4 Å². The number of anilines is 1. The summed E-state index contributed by atoms with van der Waals surface area (Å²) < 4.78 is 4.59. The first-order valence-electron chi connectivity index (χ1n) is 6.80. The van der Waals surface area contributed by atoms with E-state index < -0.39 is 11.9 Å². The standard InChI is InChI=1S/C16H14N2O5S/c1-23-16(22)10-4-6-11(7-5-10)18-13(19)9-24-14-12(15(20)21)3-2-8-17-14/h2-8H,9H2,1H3,(H,18,19)(H,20,21). The Balaban J connectivity index is 1.94. The Labute approximate surface area is 142 Å². The molecular formula is C16H14N2O5S. The first kappa shape index (κ1) is 17.5. The zero-order valence-electron chi connectivity index (χ0n) is 12.7. The van der Waals surface area contributed by atoms with Crippen molar-refractivity contribution in [3.05, 3.63) is 53.7 Å². The van der Waals surface area contributed by atoms with Gasteiger partial charge in [0.15, 0.2) is 0 Å². The number of hydrogen-bond acceptors (Lipinski definition) is 6. The SMILES string of the molecule is COC(=O)c1ccc(NC(=O)CSc2ncccc2C(=O)O)cc1. The maximum Gasteiger partial charge on any atom is 0.338 e. The van der Waals surface area contributed by atoms with Crippen LogP contribution in [0.3, 0.4) is 0 Å². The molecule has 7 nitrogen and oxygen atoms in total. The van der Waals surface area contributed by atoms with E-state index >= 15 is 0 Å². The van der Waals surface area contributed by atoms with E-state index in [2.05, 4.69) is 15.0 Å². The summed E-state index contributed by atoms with van der Waals surface area (Å²) in [6.07, 6.45) is 1.47. The molecule has 1 aromatic heterocycles. The Morgan fingerprint density at radius 3 is 2.54 bits per heavy atom. The number of carboxylic acid groups (broad SMARTS) is 1. The molecule has 1 amide bonds. The Hall–Kier alpha value is -2.87. The van der Waals surface area contributed by atoms with Gasteiger partial charge in [0, 0.05) is 11.9 Å². The summed E-state index contributed by atoms with van der Waals surface area (Å²) in [6.45, 7) is 0. The molecule has 0 bridgehead atoms. The van der Waals surface area contributed by atoms with Gasteiger partial charge in [-0.15, -0.1) is 0 Å². The highest BCUT2D eigenvalue weighted by Gasteiger charge is 2.13. The van der Waals surface area contributed by atoms with Crippen LogP contribution in [0.1, 0.15) is 20.7 Å². The Kier molecular flexibility index (Phi) is 5.91. The number of benzene rings is 1. The van der Waals surface area contributed by atoms with Crippen molar-refractivity contribution in [2.75, 3.05) is 18.2 Å². The van der Waals surface area contributed by atoms with E-state index in [-0.39, 0.29) is 22.2 Å². The topological polar surface area (TPSA) is 106 Å². The van der Waals surface area contributed by atoms with Crippen LogP contribution in [0, 0.1) is 0 Å². The van der Waals surface area contributed by atoms with Crippen LogP contribution in [0.4, 0.5) is 5.69 Å². The molecule has 0 aliphatic heterocycles. The first-order chi connectivity index (χ1) is 11.5. The van der Waals surface area contributed by atoms with E-state index in [1.54, 1.807) is 12.1 Å². The second kappa shape index (κ2) is 8.11. The van der Waals surface area contributed by atoms with Gasteiger partial charge in [0.2, 0.25) is 5.91 Å². The molecule has 1 aromatic carbocycles. The van der Waals surface area contributed by atoms with Gasteiger partial charge in [-0.25, -0.2) is 14.6 Å². The molecular weight excluding hydrogens is 332 g/mol. The quantitative estimate of drug-likeness (QED) is 0.610. The van der Waals surface area contributed by atoms with Gasteiger partial charge in [-0.1, -0.05) is 11.8 Å². The van der Waals surface area contributed by atoms with E-state index in [0.717, 1.165) is 11.8 Å². The van der Waals surface area contributed by atoms with E-state index in [0.29, 0.717) is 11.3 Å². The molecule has 0 saturated carbocycles. The van der Waals surface area contributed by atoms with Gasteiger partial charge in [0.05, 0.1) is 24.0 Å². The monoisotopic (exact) mass is 346 g/mol. The summed E-state index contributed by atoms with van der Waals surface area (Å²) in [5.74, 6) is -1.85. The summed E-state index contributed by atoms with van der Waals surface area (Å²) in [5, 5.41) is 12.0. The number of nitrogens with zero attached hydrogens (tertiary/aromatic N) is 1. The van der Waals surface area contributed by atoms with E-state index in [9.17, 15) is 14.4 Å². The van der Waals surface area contributed by atoms with Crippen LogP contribution in [0.5, 0.6) is 0 Å². The third-order valence-electron chi connectivity index (χ3n) is 2.93. The van der Waals surface area contributed by atoms with Gasteiger partial charge in [-0.3, -0.25) is 4.79 Å². The zero-order chi connectivity index (χ0) is 17.5. The minimum absolute atomic E-state index is 0.00997. The molecule has 0 saturated heterocycles. The number of rotatable bonds is 6. The number of nitrogens with one attached hydrogen (secondary N) is 1. The summed E-state index contributed by atoms with van der Waals surface area (Å²) in [4.78, 5) is 38.3. The van der Waals surface area contributed by atoms with Crippen LogP contribution >= 0.6 is 11.8 Å². The maximum atomic E-state index is 11.9. The molecule has 2 rings (SSSR count). The molecule has 0 atom stereocenters. The average Bonchev–Trinajstić information content (AvgIpc) is 2.60. The van der Waals surface area contributed by atoms with E-state index in [1.807, 2.05) is 0 Å². The molecule has 8 heteroatoms. The van der Waals surface area contributed by atoms with Gasteiger partial charge in [0.25, 0.3) is 0 Å². The number of carboxylic acids is 1. The summed E-state index contributed by atoms with van der Waals surface area (Å²) in [6, 6.07) is 9.19. The lowest BCUT2D eigenvalue weighted by Crippen LogP contribution is -2.14. The van der Waals surface area contributed by atoms with Crippen LogP contribution in [-0.4, -0.2) is 40.8 Å². The fourth-order valence-corrected chi connectivity index (χ4v) is 2.59. The van der Waals surface area contributed by atoms with Gasteiger partial charge < -0.3 is 15.2 Å². The normalized spacial score (nSPS) is 10.0. The molecule has 0 spiro atoms. The number of methoxy groups -OCH3 is 1. The van der Waals surface area contributed by atoms with Crippen molar-refractivity contribution < 1.29 is 24.2 Å². The summed E-state index contributed by atoms with van der Waals surface area (Å²) >= 11 is 1.04. The molecule has 124 valence electrons. The van der Waals surface area contributed by atoms with Crippen LogP contribution in [0.25, 0.3) is 0 Å². The number of aromatic carboxylic acids is 1. The number of amides is 1. The minimum Gasteiger partial charge on any atom is -0.478 e. The van der Waals surface area contributed by atoms with Crippen molar-refractivity contribution in [3.8, 4) is 0 Å². The van der Waals surface area contributed by atoms with Crippen molar-refractivity contribution in [2.45, 2.75) is 5.03 Å². The Morgan fingerprint density at radius 1 is 1.21 bits per heavy atom. The van der Waals surface area contributed by atoms with Gasteiger partial charge >= 0.3 is 11.9 Å². The predicted molar refractivity (Wildman–Crippen MR) is 88.3 cm³/mol. The molecule has 0 aliphatic rings. The molecule has 2 aromatic rings. The predicted octanol–water partition coefficient (Wildman–Crippen LogP) is 2.30. The molecule has 24 heavy (non-hydrogen) atoms. The second-order valence-corrected chi connectivity index (χ2v) is 5.53. The van der Waals surface area contributed by atoms with Crippen molar-refractivity contribution >= 4 is 35.3 Å². The number of hydrogen-bond donors (Lipinski definition) is 2. The van der Waals surface area contributed by atoms with E-state index in [4.69, 9.17) is 5.11 Å². The lowest BCUT2D eigenvalue weighted by Gasteiger charge is -2.07. The number of esters is 1. The fourth-order valence-electron chi connectivity index (χ4n) is 1.81. The van der Waals surface area contributed by atoms with Crippen LogP contribution in [-0.2, 0) is 9.53 Å². The summed E-state index contributed by atoms with van der Waals surface area (Å²) in [7, 11) is 1.29. The smallest absolute Gasteiger partial charge is 0.338 e. The Morgan fingerprint density at radius 2 is 1.92 bits per heavy atom. The second-order valence-electron chi connectivity index (χ2n) is 4.57. The average molecular weight is 346 g/mol. The van der Waals surface area contributed by atoms with Crippen molar-refractivity contribution in [2.24, 2.45) is 0 Å².